The molecule has 1 aromatic heterocycles. The van der Waals surface area contributed by atoms with Gasteiger partial charge in [-0.3, -0.25) is 0 Å². The fraction of sp³-hybridized carbons (Fsp3) is 0.176. The molecule has 0 fully saturated rings. The molecule has 0 saturated heterocycles. The third-order valence-electron chi connectivity index (χ3n) is 4.23. The van der Waals surface area contributed by atoms with Gasteiger partial charge in [-0.25, -0.2) is 22.0 Å². The second-order valence-electron chi connectivity index (χ2n) is 5.90. The number of rotatable bonds is 5. The van der Waals surface area contributed by atoms with Gasteiger partial charge in [-0.1, -0.05) is 18.2 Å². The minimum absolute atomic E-state index is 0.0321. The molecule has 1 heterocycles. The molecular formula is C17H18N2O5S2. The van der Waals surface area contributed by atoms with E-state index in [1.165, 1.54) is 35.6 Å². The van der Waals surface area contributed by atoms with Crippen molar-refractivity contribution in [3.63, 3.8) is 0 Å². The number of hydrogen-bond acceptors (Lipinski definition) is 5. The van der Waals surface area contributed by atoms with Crippen LogP contribution in [0.25, 0.3) is 11.0 Å². The summed E-state index contributed by atoms with van der Waals surface area (Å²) in [5.41, 5.74) is 0.678. The quantitative estimate of drug-likeness (QED) is 0.715. The van der Waals surface area contributed by atoms with Crippen LogP contribution < -0.4 is 5.14 Å². The van der Waals surface area contributed by atoms with Crippen LogP contribution >= 0.6 is 0 Å². The molecule has 26 heavy (non-hydrogen) atoms. The minimum Gasteiger partial charge on any atom is -0.459 e. The monoisotopic (exact) mass is 394 g/mol. The van der Waals surface area contributed by atoms with E-state index in [2.05, 4.69) is 0 Å². The topological polar surface area (TPSA) is 111 Å². The first kappa shape index (κ1) is 18.6. The molecule has 0 bridgehead atoms. The predicted molar refractivity (Wildman–Crippen MR) is 97.4 cm³/mol. The van der Waals surface area contributed by atoms with Gasteiger partial charge in [-0.05, 0) is 43.3 Å². The van der Waals surface area contributed by atoms with E-state index in [-0.39, 0.29) is 9.79 Å². The molecule has 1 unspecified atom stereocenters. The molecule has 9 heteroatoms. The lowest BCUT2D eigenvalue weighted by atomic mass is 10.2. The fourth-order valence-corrected chi connectivity index (χ4v) is 4.41. The first-order valence-electron chi connectivity index (χ1n) is 7.70. The van der Waals surface area contributed by atoms with E-state index in [1.807, 2.05) is 24.3 Å². The zero-order valence-corrected chi connectivity index (χ0v) is 15.8. The highest BCUT2D eigenvalue weighted by molar-refractivity contribution is 7.89. The van der Waals surface area contributed by atoms with Crippen LogP contribution in [-0.4, -0.2) is 28.2 Å². The Bertz CT molecular complexity index is 1120. The molecule has 2 aromatic carbocycles. The van der Waals surface area contributed by atoms with Gasteiger partial charge >= 0.3 is 0 Å². The smallest absolute Gasteiger partial charge is 0.243 e. The summed E-state index contributed by atoms with van der Waals surface area (Å²) < 4.78 is 55.2. The van der Waals surface area contributed by atoms with Crippen LogP contribution in [0.4, 0.5) is 0 Å². The molecule has 0 aliphatic carbocycles. The Kier molecular flexibility index (Phi) is 4.65. The predicted octanol–water partition coefficient (Wildman–Crippen LogP) is 2.46. The molecule has 2 N–H and O–H groups in total. The molecule has 0 saturated carbocycles. The highest BCUT2D eigenvalue weighted by Crippen LogP contribution is 2.30. The number of furan rings is 1. The molecular weight excluding hydrogens is 376 g/mol. The van der Waals surface area contributed by atoms with Crippen LogP contribution in [0.5, 0.6) is 0 Å². The van der Waals surface area contributed by atoms with E-state index in [9.17, 15) is 16.8 Å². The molecule has 3 aromatic rings. The molecule has 7 nitrogen and oxygen atoms in total. The van der Waals surface area contributed by atoms with Crippen LogP contribution in [0.2, 0.25) is 0 Å². The van der Waals surface area contributed by atoms with Crippen molar-refractivity contribution in [3.05, 3.63) is 60.4 Å². The highest BCUT2D eigenvalue weighted by Gasteiger charge is 2.28. The second-order valence-corrected chi connectivity index (χ2v) is 9.46. The molecule has 0 aliphatic heterocycles. The Balaban J connectivity index is 1.93. The lowest BCUT2D eigenvalue weighted by molar-refractivity contribution is 0.348. The number of nitrogens with two attached hydrogens (primary N) is 1. The zero-order chi connectivity index (χ0) is 19.1. The third kappa shape index (κ3) is 3.38. The Hall–Kier alpha value is -2.20. The summed E-state index contributed by atoms with van der Waals surface area (Å²) in [6.45, 7) is 1.72. The van der Waals surface area contributed by atoms with Crippen molar-refractivity contribution < 1.29 is 21.3 Å². The average molecular weight is 394 g/mol. The Morgan fingerprint density at radius 1 is 0.962 bits per heavy atom. The molecule has 0 aliphatic rings. The van der Waals surface area contributed by atoms with Crippen LogP contribution in [-0.2, 0) is 20.0 Å². The van der Waals surface area contributed by atoms with Gasteiger partial charge in [0.25, 0.3) is 0 Å². The SMILES string of the molecule is CC(c1cc2ccccc2o1)N(C)S(=O)(=O)c1ccc(S(N)(=O)=O)cc1. The van der Waals surface area contributed by atoms with Crippen molar-refractivity contribution in [3.8, 4) is 0 Å². The van der Waals surface area contributed by atoms with Crippen molar-refractivity contribution in [1.82, 2.24) is 4.31 Å². The van der Waals surface area contributed by atoms with Gasteiger partial charge in [0, 0.05) is 12.4 Å². The fourth-order valence-electron chi connectivity index (χ4n) is 2.56. The number of nitrogens with zero attached hydrogens (tertiary/aromatic N) is 1. The number of para-hydroxylation sites is 1. The standard InChI is InChI=1S/C17H18N2O5S2/c1-12(17-11-13-5-3-4-6-16(13)24-17)19(2)26(22,23)15-9-7-14(8-10-15)25(18,20)21/h3-12H,1-2H3,(H2,18,20,21). The molecule has 0 spiro atoms. The first-order chi connectivity index (χ1) is 12.1. The van der Waals surface area contributed by atoms with Gasteiger partial charge < -0.3 is 4.42 Å². The summed E-state index contributed by atoms with van der Waals surface area (Å²) in [6, 6.07) is 13.4. The minimum atomic E-state index is -3.88. The second kappa shape index (κ2) is 6.51. The normalized spacial score (nSPS) is 14.0. The first-order valence-corrected chi connectivity index (χ1v) is 10.7. The van der Waals surface area contributed by atoms with Crippen LogP contribution in [0, 0.1) is 0 Å². The summed E-state index contributed by atoms with van der Waals surface area (Å²) in [4.78, 5) is -0.181. The number of primary sulfonamides is 1. The van der Waals surface area contributed by atoms with Gasteiger partial charge in [0.05, 0.1) is 15.8 Å². The number of fused-ring (bicyclic) bond motifs is 1. The molecule has 0 radical (unpaired) electrons. The van der Waals surface area contributed by atoms with E-state index >= 15 is 0 Å². The summed E-state index contributed by atoms with van der Waals surface area (Å²) in [6.07, 6.45) is 0. The third-order valence-corrected chi connectivity index (χ3v) is 7.10. The van der Waals surface area contributed by atoms with Gasteiger partial charge in [-0.15, -0.1) is 0 Å². The Labute approximate surface area is 152 Å². The van der Waals surface area contributed by atoms with Gasteiger partial charge in [0.15, 0.2) is 0 Å². The van der Waals surface area contributed by atoms with Gasteiger partial charge in [0.2, 0.25) is 20.0 Å². The lowest BCUT2D eigenvalue weighted by Crippen LogP contribution is -2.29. The van der Waals surface area contributed by atoms with Gasteiger partial charge in [-0.2, -0.15) is 4.31 Å². The molecule has 0 amide bonds. The zero-order valence-electron chi connectivity index (χ0n) is 14.2. The summed E-state index contributed by atoms with van der Waals surface area (Å²) in [5, 5.41) is 5.92. The number of sulfonamides is 2. The summed E-state index contributed by atoms with van der Waals surface area (Å²) >= 11 is 0. The van der Waals surface area contributed by atoms with E-state index < -0.39 is 26.1 Å². The van der Waals surface area contributed by atoms with E-state index in [4.69, 9.17) is 9.56 Å². The summed E-state index contributed by atoms with van der Waals surface area (Å²) in [7, 11) is -6.29. The molecule has 3 rings (SSSR count). The van der Waals surface area contributed by atoms with Crippen LogP contribution in [0.1, 0.15) is 18.7 Å². The van der Waals surface area contributed by atoms with E-state index in [1.54, 1.807) is 13.0 Å². The van der Waals surface area contributed by atoms with Crippen LogP contribution in [0.3, 0.4) is 0 Å². The maximum atomic E-state index is 12.8. The lowest BCUT2D eigenvalue weighted by Gasteiger charge is -2.22. The van der Waals surface area contributed by atoms with Gasteiger partial charge in [0.1, 0.15) is 11.3 Å². The molecule has 138 valence electrons. The Morgan fingerprint density at radius 2 is 1.54 bits per heavy atom. The summed E-state index contributed by atoms with van der Waals surface area (Å²) in [5.74, 6) is 0.512. The van der Waals surface area contributed by atoms with E-state index in [0.29, 0.717) is 11.3 Å². The number of hydrogen-bond donors (Lipinski definition) is 1. The average Bonchev–Trinajstić information content (AvgIpc) is 3.04. The molecule has 1 atom stereocenters. The maximum Gasteiger partial charge on any atom is 0.243 e. The van der Waals surface area contributed by atoms with Crippen molar-refractivity contribution in [2.75, 3.05) is 7.05 Å². The van der Waals surface area contributed by atoms with Crippen molar-refractivity contribution >= 4 is 31.0 Å². The van der Waals surface area contributed by atoms with Crippen molar-refractivity contribution in [2.24, 2.45) is 5.14 Å². The maximum absolute atomic E-state index is 12.8. The number of benzene rings is 2. The Morgan fingerprint density at radius 3 is 2.12 bits per heavy atom. The van der Waals surface area contributed by atoms with E-state index in [0.717, 1.165) is 5.39 Å². The largest absolute Gasteiger partial charge is 0.459 e. The van der Waals surface area contributed by atoms with Crippen molar-refractivity contribution in [2.45, 2.75) is 22.8 Å². The van der Waals surface area contributed by atoms with Crippen LogP contribution in [0.15, 0.2) is 68.8 Å². The van der Waals surface area contributed by atoms with Crippen molar-refractivity contribution in [1.29, 1.82) is 0 Å². The highest BCUT2D eigenvalue weighted by atomic mass is 32.2.